The van der Waals surface area contributed by atoms with Gasteiger partial charge in [-0.1, -0.05) is 29.8 Å². The zero-order valence-electron chi connectivity index (χ0n) is 11.4. The number of nitrogens with zero attached hydrogens (tertiary/aromatic N) is 2. The highest BCUT2D eigenvalue weighted by Crippen LogP contribution is 2.16. The largest absolute Gasteiger partial charge is 0.368 e. The molecule has 0 spiro atoms. The van der Waals surface area contributed by atoms with E-state index >= 15 is 0 Å². The second-order valence-electron chi connectivity index (χ2n) is 4.62. The number of rotatable bonds is 5. The first-order chi connectivity index (χ1) is 9.97. The minimum Gasteiger partial charge on any atom is -0.368 e. The molecule has 0 saturated heterocycles. The third-order valence-corrected chi connectivity index (χ3v) is 3.33. The van der Waals surface area contributed by atoms with Crippen LogP contribution in [0.5, 0.6) is 0 Å². The van der Waals surface area contributed by atoms with E-state index in [4.69, 9.17) is 17.3 Å². The van der Waals surface area contributed by atoms with E-state index in [-0.39, 0.29) is 0 Å². The Kier molecular flexibility index (Phi) is 4.59. The van der Waals surface area contributed by atoms with Crippen molar-refractivity contribution in [3.8, 4) is 0 Å². The van der Waals surface area contributed by atoms with Crippen LogP contribution in [0.2, 0.25) is 5.02 Å². The molecular weight excluding hydrogens is 292 g/mol. The third-order valence-electron chi connectivity index (χ3n) is 2.96. The molecule has 6 nitrogen and oxygen atoms in total. The SMILES string of the molecule is CC(NC(=O)c1cnn(Cc2ccccc2Cl)c1)C(N)=O. The van der Waals surface area contributed by atoms with Crippen LogP contribution in [0.3, 0.4) is 0 Å². The standard InChI is InChI=1S/C14H15ClN4O2/c1-9(13(16)20)18-14(21)11-6-17-19(8-11)7-10-4-2-3-5-12(10)15/h2-6,8-9H,7H2,1H3,(H2,16,20)(H,18,21). The summed E-state index contributed by atoms with van der Waals surface area (Å²) in [5, 5.41) is 7.24. The van der Waals surface area contributed by atoms with Crippen LogP contribution in [-0.4, -0.2) is 27.6 Å². The van der Waals surface area contributed by atoms with Gasteiger partial charge in [0.1, 0.15) is 6.04 Å². The Bertz CT molecular complexity index is 668. The smallest absolute Gasteiger partial charge is 0.255 e. The molecule has 3 N–H and O–H groups in total. The molecule has 0 aliphatic rings. The zero-order chi connectivity index (χ0) is 15.4. The van der Waals surface area contributed by atoms with Crippen LogP contribution in [0, 0.1) is 0 Å². The maximum absolute atomic E-state index is 11.9. The van der Waals surface area contributed by atoms with Gasteiger partial charge in [-0.15, -0.1) is 0 Å². The molecule has 0 fully saturated rings. The zero-order valence-corrected chi connectivity index (χ0v) is 12.2. The number of carbonyl (C=O) groups excluding carboxylic acids is 2. The van der Waals surface area contributed by atoms with Crippen molar-refractivity contribution < 1.29 is 9.59 Å². The highest BCUT2D eigenvalue weighted by Gasteiger charge is 2.15. The summed E-state index contributed by atoms with van der Waals surface area (Å²) in [6.07, 6.45) is 3.02. The van der Waals surface area contributed by atoms with Gasteiger partial charge in [0.15, 0.2) is 0 Å². The van der Waals surface area contributed by atoms with Crippen molar-refractivity contribution in [1.29, 1.82) is 0 Å². The fourth-order valence-electron chi connectivity index (χ4n) is 1.72. The van der Waals surface area contributed by atoms with Crippen LogP contribution >= 0.6 is 11.6 Å². The van der Waals surface area contributed by atoms with Crippen LogP contribution in [0.1, 0.15) is 22.8 Å². The number of primary amides is 1. The molecule has 0 aliphatic heterocycles. The summed E-state index contributed by atoms with van der Waals surface area (Å²) in [5.41, 5.74) is 6.36. The monoisotopic (exact) mass is 306 g/mol. The Labute approximate surface area is 126 Å². The minimum atomic E-state index is -0.732. The summed E-state index contributed by atoms with van der Waals surface area (Å²) in [4.78, 5) is 22.8. The first-order valence-corrected chi connectivity index (χ1v) is 6.71. The van der Waals surface area contributed by atoms with Crippen LogP contribution in [0.15, 0.2) is 36.7 Å². The number of amides is 2. The average molecular weight is 307 g/mol. The fourth-order valence-corrected chi connectivity index (χ4v) is 1.92. The number of hydrogen-bond donors (Lipinski definition) is 2. The first-order valence-electron chi connectivity index (χ1n) is 6.33. The van der Waals surface area contributed by atoms with Crippen molar-refractivity contribution in [3.05, 3.63) is 52.8 Å². The highest BCUT2D eigenvalue weighted by molar-refractivity contribution is 6.31. The van der Waals surface area contributed by atoms with Crippen LogP contribution < -0.4 is 11.1 Å². The lowest BCUT2D eigenvalue weighted by Crippen LogP contribution is -2.42. The van der Waals surface area contributed by atoms with Gasteiger partial charge in [0.25, 0.3) is 5.91 Å². The quantitative estimate of drug-likeness (QED) is 0.869. The molecule has 7 heteroatoms. The topological polar surface area (TPSA) is 90.0 Å². The Morgan fingerprint density at radius 2 is 2.14 bits per heavy atom. The Hall–Kier alpha value is -2.34. The van der Waals surface area contributed by atoms with Crippen molar-refractivity contribution in [3.63, 3.8) is 0 Å². The van der Waals surface area contributed by atoms with Crippen molar-refractivity contribution in [2.75, 3.05) is 0 Å². The average Bonchev–Trinajstić information content (AvgIpc) is 2.90. The molecule has 1 aromatic heterocycles. The molecule has 0 radical (unpaired) electrons. The Morgan fingerprint density at radius 1 is 1.43 bits per heavy atom. The molecule has 0 bridgehead atoms. The highest BCUT2D eigenvalue weighted by atomic mass is 35.5. The minimum absolute atomic E-state index is 0.357. The summed E-state index contributed by atoms with van der Waals surface area (Å²) in [6.45, 7) is 1.98. The van der Waals surface area contributed by atoms with Gasteiger partial charge >= 0.3 is 0 Å². The van der Waals surface area contributed by atoms with Gasteiger partial charge in [-0.05, 0) is 18.6 Å². The van der Waals surface area contributed by atoms with Gasteiger partial charge in [0.2, 0.25) is 5.91 Å². The van der Waals surface area contributed by atoms with E-state index in [0.29, 0.717) is 17.1 Å². The van der Waals surface area contributed by atoms with Crippen molar-refractivity contribution in [2.45, 2.75) is 19.5 Å². The number of benzene rings is 1. The molecule has 21 heavy (non-hydrogen) atoms. The lowest BCUT2D eigenvalue weighted by Gasteiger charge is -2.08. The van der Waals surface area contributed by atoms with Crippen molar-refractivity contribution >= 4 is 23.4 Å². The summed E-state index contributed by atoms with van der Waals surface area (Å²) in [5.74, 6) is -0.987. The third kappa shape index (κ3) is 3.82. The van der Waals surface area contributed by atoms with Gasteiger partial charge < -0.3 is 11.1 Å². The summed E-state index contributed by atoms with van der Waals surface area (Å²) in [7, 11) is 0. The van der Waals surface area contributed by atoms with E-state index in [0.717, 1.165) is 5.56 Å². The van der Waals surface area contributed by atoms with E-state index in [1.54, 1.807) is 16.9 Å². The molecule has 1 unspecified atom stereocenters. The predicted molar refractivity (Wildman–Crippen MR) is 78.9 cm³/mol. The molecule has 1 heterocycles. The van der Waals surface area contributed by atoms with E-state index in [9.17, 15) is 9.59 Å². The van der Waals surface area contributed by atoms with Crippen molar-refractivity contribution in [1.82, 2.24) is 15.1 Å². The molecule has 2 rings (SSSR count). The van der Waals surface area contributed by atoms with E-state index in [1.165, 1.54) is 13.1 Å². The lowest BCUT2D eigenvalue weighted by atomic mass is 10.2. The second kappa shape index (κ2) is 6.41. The molecule has 110 valence electrons. The van der Waals surface area contributed by atoms with Gasteiger partial charge in [0.05, 0.1) is 18.3 Å². The number of carbonyl (C=O) groups is 2. The normalized spacial score (nSPS) is 11.9. The number of nitrogens with one attached hydrogen (secondary N) is 1. The van der Waals surface area contributed by atoms with E-state index in [1.807, 2.05) is 18.2 Å². The van der Waals surface area contributed by atoms with Crippen LogP contribution in [-0.2, 0) is 11.3 Å². The Morgan fingerprint density at radius 3 is 2.81 bits per heavy atom. The summed E-state index contributed by atoms with van der Waals surface area (Å²) in [6, 6.07) is 6.68. The second-order valence-corrected chi connectivity index (χ2v) is 5.02. The first kappa shape index (κ1) is 15.1. The number of hydrogen-bond acceptors (Lipinski definition) is 3. The number of halogens is 1. The maximum atomic E-state index is 11.9. The van der Waals surface area contributed by atoms with Gasteiger partial charge in [-0.3, -0.25) is 14.3 Å². The van der Waals surface area contributed by atoms with Crippen LogP contribution in [0.25, 0.3) is 0 Å². The van der Waals surface area contributed by atoms with Gasteiger partial charge in [-0.25, -0.2) is 0 Å². The maximum Gasteiger partial charge on any atom is 0.255 e. The number of aromatic nitrogens is 2. The van der Waals surface area contributed by atoms with Gasteiger partial charge in [0, 0.05) is 11.2 Å². The molecule has 0 saturated carbocycles. The lowest BCUT2D eigenvalue weighted by molar-refractivity contribution is -0.119. The fraction of sp³-hybridized carbons (Fsp3) is 0.214. The molecule has 2 aromatic rings. The van der Waals surface area contributed by atoms with Crippen LogP contribution in [0.4, 0.5) is 0 Å². The summed E-state index contributed by atoms with van der Waals surface area (Å²) >= 11 is 6.08. The number of nitrogens with two attached hydrogens (primary N) is 1. The predicted octanol–water partition coefficient (Wildman–Crippen LogP) is 1.19. The summed E-state index contributed by atoms with van der Waals surface area (Å²) < 4.78 is 1.60. The van der Waals surface area contributed by atoms with Gasteiger partial charge in [-0.2, -0.15) is 5.10 Å². The molecular formula is C14H15ClN4O2. The molecule has 0 aliphatic carbocycles. The van der Waals surface area contributed by atoms with Crippen molar-refractivity contribution in [2.24, 2.45) is 5.73 Å². The molecule has 2 amide bonds. The Balaban J connectivity index is 2.06. The van der Waals surface area contributed by atoms with E-state index in [2.05, 4.69) is 10.4 Å². The molecule has 1 atom stereocenters. The van der Waals surface area contributed by atoms with E-state index < -0.39 is 17.9 Å². The molecule has 1 aromatic carbocycles.